The maximum atomic E-state index is 13.2. The van der Waals surface area contributed by atoms with E-state index in [9.17, 15) is 9.18 Å². The van der Waals surface area contributed by atoms with Gasteiger partial charge in [0.1, 0.15) is 11.9 Å². The zero-order chi connectivity index (χ0) is 20.2. The number of nitrogens with zero attached hydrogens (tertiary/aromatic N) is 2. The van der Waals surface area contributed by atoms with Crippen molar-refractivity contribution in [3.8, 4) is 11.5 Å². The molecule has 3 aromatic carbocycles. The van der Waals surface area contributed by atoms with E-state index in [1.54, 1.807) is 24.3 Å². The van der Waals surface area contributed by atoms with E-state index < -0.39 is 17.8 Å². The summed E-state index contributed by atoms with van der Waals surface area (Å²) >= 11 is 6.35. The van der Waals surface area contributed by atoms with Gasteiger partial charge in [0.05, 0.1) is 0 Å². The third-order valence-corrected chi connectivity index (χ3v) is 4.65. The molecule has 4 aromatic rings. The first-order valence-corrected chi connectivity index (χ1v) is 9.19. The van der Waals surface area contributed by atoms with Crippen molar-refractivity contribution < 1.29 is 13.6 Å². The van der Waals surface area contributed by atoms with Gasteiger partial charge in [-0.25, -0.2) is 4.39 Å². The molecule has 144 valence electrons. The van der Waals surface area contributed by atoms with Crippen molar-refractivity contribution in [1.29, 1.82) is 0 Å². The molecule has 0 unspecified atom stereocenters. The maximum absolute atomic E-state index is 13.2. The van der Waals surface area contributed by atoms with Crippen molar-refractivity contribution in [2.75, 3.05) is 0 Å². The van der Waals surface area contributed by atoms with Gasteiger partial charge in [-0.1, -0.05) is 48.0 Å². The van der Waals surface area contributed by atoms with E-state index in [1.807, 2.05) is 30.3 Å². The first-order valence-electron chi connectivity index (χ1n) is 8.81. The van der Waals surface area contributed by atoms with E-state index in [0.717, 1.165) is 5.56 Å². The Kier molecular flexibility index (Phi) is 5.35. The van der Waals surface area contributed by atoms with Crippen molar-refractivity contribution >= 4 is 17.5 Å². The van der Waals surface area contributed by atoms with E-state index in [0.29, 0.717) is 22.0 Å². The van der Waals surface area contributed by atoms with E-state index in [-0.39, 0.29) is 5.89 Å². The lowest BCUT2D eigenvalue weighted by molar-refractivity contribution is 0.0938. The van der Waals surface area contributed by atoms with Crippen LogP contribution in [0.15, 0.2) is 83.3 Å². The van der Waals surface area contributed by atoms with Crippen LogP contribution in [0, 0.1) is 5.82 Å². The molecule has 29 heavy (non-hydrogen) atoms. The Morgan fingerprint density at radius 1 is 0.931 bits per heavy atom. The van der Waals surface area contributed by atoms with Gasteiger partial charge < -0.3 is 9.73 Å². The summed E-state index contributed by atoms with van der Waals surface area (Å²) in [4.78, 5) is 12.7. The Morgan fingerprint density at radius 2 is 1.62 bits per heavy atom. The molecule has 0 bridgehead atoms. The van der Waals surface area contributed by atoms with E-state index in [1.165, 1.54) is 24.3 Å². The molecule has 0 aliphatic carbocycles. The van der Waals surface area contributed by atoms with Crippen LogP contribution in [0.2, 0.25) is 5.02 Å². The fraction of sp³-hybridized carbons (Fsp3) is 0.0455. The van der Waals surface area contributed by atoms with Crippen LogP contribution in [-0.4, -0.2) is 16.1 Å². The zero-order valence-electron chi connectivity index (χ0n) is 15.0. The van der Waals surface area contributed by atoms with Crippen molar-refractivity contribution in [2.24, 2.45) is 0 Å². The van der Waals surface area contributed by atoms with Gasteiger partial charge in [-0.3, -0.25) is 4.79 Å². The molecule has 1 heterocycles. The van der Waals surface area contributed by atoms with E-state index >= 15 is 0 Å². The van der Waals surface area contributed by atoms with Crippen molar-refractivity contribution in [2.45, 2.75) is 6.04 Å². The minimum atomic E-state index is -0.772. The largest absolute Gasteiger partial charge is 0.418 e. The molecule has 4 rings (SSSR count). The second-order valence-electron chi connectivity index (χ2n) is 6.25. The van der Waals surface area contributed by atoms with Crippen LogP contribution in [0.5, 0.6) is 0 Å². The zero-order valence-corrected chi connectivity index (χ0v) is 15.8. The van der Waals surface area contributed by atoms with Gasteiger partial charge in [0, 0.05) is 21.7 Å². The highest BCUT2D eigenvalue weighted by Crippen LogP contribution is 2.29. The topological polar surface area (TPSA) is 68.0 Å². The average molecular weight is 408 g/mol. The summed E-state index contributed by atoms with van der Waals surface area (Å²) in [6.07, 6.45) is 0. The fourth-order valence-corrected chi connectivity index (χ4v) is 3.09. The Morgan fingerprint density at radius 3 is 2.34 bits per heavy atom. The summed E-state index contributed by atoms with van der Waals surface area (Å²) in [5, 5.41) is 11.5. The van der Waals surface area contributed by atoms with Crippen LogP contribution in [0.4, 0.5) is 4.39 Å². The number of hydrogen-bond acceptors (Lipinski definition) is 4. The van der Waals surface area contributed by atoms with Gasteiger partial charge in [-0.05, 0) is 42.5 Å². The number of hydrogen-bond donors (Lipinski definition) is 1. The highest BCUT2D eigenvalue weighted by atomic mass is 35.5. The normalized spacial score (nSPS) is 11.8. The van der Waals surface area contributed by atoms with Gasteiger partial charge in [-0.2, -0.15) is 0 Å². The number of amides is 1. The lowest BCUT2D eigenvalue weighted by Gasteiger charge is -2.17. The summed E-state index contributed by atoms with van der Waals surface area (Å²) in [5.74, 6) is -0.330. The van der Waals surface area contributed by atoms with E-state index in [2.05, 4.69) is 15.5 Å². The van der Waals surface area contributed by atoms with Crippen LogP contribution in [0.1, 0.15) is 27.9 Å². The molecule has 0 aliphatic rings. The second-order valence-corrected chi connectivity index (χ2v) is 6.65. The second kappa shape index (κ2) is 8.24. The molecule has 1 amide bonds. The average Bonchev–Trinajstić information content (AvgIpc) is 3.24. The highest BCUT2D eigenvalue weighted by molar-refractivity contribution is 6.31. The summed E-state index contributed by atoms with van der Waals surface area (Å²) in [6.45, 7) is 0. The molecular weight excluding hydrogens is 393 g/mol. The molecule has 7 heteroatoms. The molecule has 1 atom stereocenters. The molecule has 0 spiro atoms. The molecule has 0 radical (unpaired) electrons. The molecule has 1 aromatic heterocycles. The van der Waals surface area contributed by atoms with Gasteiger partial charge in [-0.15, -0.1) is 10.2 Å². The first kappa shape index (κ1) is 18.8. The molecule has 0 saturated carbocycles. The lowest BCUT2D eigenvalue weighted by Crippen LogP contribution is -2.29. The van der Waals surface area contributed by atoms with E-state index in [4.69, 9.17) is 16.0 Å². The molecule has 1 N–H and O–H groups in total. The van der Waals surface area contributed by atoms with Crippen molar-refractivity contribution in [3.05, 3.63) is 107 Å². The Hall–Kier alpha value is -3.51. The minimum Gasteiger partial charge on any atom is -0.418 e. The predicted molar refractivity (Wildman–Crippen MR) is 107 cm³/mol. The van der Waals surface area contributed by atoms with Gasteiger partial charge in [0.2, 0.25) is 11.8 Å². The molecular formula is C22H15ClFN3O2. The number of aromatic nitrogens is 2. The number of halogens is 2. The first-order chi connectivity index (χ1) is 14.1. The van der Waals surface area contributed by atoms with Crippen LogP contribution in [0.3, 0.4) is 0 Å². The standard InChI is InChI=1S/C22H15ClFN3O2/c23-18-9-5-4-8-17(18)19(25-20(28)14-10-12-16(24)13-11-14)22-27-26-21(29-22)15-6-2-1-3-7-15/h1-13,19H,(H,25,28)/t19-/m1/s1. The van der Waals surface area contributed by atoms with Gasteiger partial charge >= 0.3 is 0 Å². The number of carbonyl (C=O) groups excluding carboxylic acids is 1. The third-order valence-electron chi connectivity index (χ3n) is 4.31. The predicted octanol–water partition coefficient (Wildman–Crippen LogP) is 5.05. The summed E-state index contributed by atoms with van der Waals surface area (Å²) < 4.78 is 19.0. The Bertz CT molecular complexity index is 1130. The quantitative estimate of drug-likeness (QED) is 0.502. The summed E-state index contributed by atoms with van der Waals surface area (Å²) in [6, 6.07) is 20.8. The Labute approximate surface area is 171 Å². The van der Waals surface area contributed by atoms with Crippen LogP contribution in [0.25, 0.3) is 11.5 Å². The molecule has 0 fully saturated rings. The van der Waals surface area contributed by atoms with Crippen LogP contribution in [-0.2, 0) is 0 Å². The van der Waals surface area contributed by atoms with Crippen molar-refractivity contribution in [3.63, 3.8) is 0 Å². The monoisotopic (exact) mass is 407 g/mol. The Balaban J connectivity index is 1.70. The smallest absolute Gasteiger partial charge is 0.252 e. The van der Waals surface area contributed by atoms with Crippen LogP contribution < -0.4 is 5.32 Å². The summed E-state index contributed by atoms with van der Waals surface area (Å²) in [5.41, 5.74) is 1.66. The fourth-order valence-electron chi connectivity index (χ4n) is 2.85. The van der Waals surface area contributed by atoms with Crippen molar-refractivity contribution in [1.82, 2.24) is 15.5 Å². The minimum absolute atomic E-state index is 0.187. The molecule has 0 saturated heterocycles. The number of rotatable bonds is 5. The third kappa shape index (κ3) is 4.17. The number of benzene rings is 3. The summed E-state index contributed by atoms with van der Waals surface area (Å²) in [7, 11) is 0. The molecule has 0 aliphatic heterocycles. The number of nitrogens with one attached hydrogen (secondary N) is 1. The van der Waals surface area contributed by atoms with Gasteiger partial charge in [0.25, 0.3) is 5.91 Å². The number of carbonyl (C=O) groups is 1. The highest BCUT2D eigenvalue weighted by Gasteiger charge is 2.25. The lowest BCUT2D eigenvalue weighted by atomic mass is 10.1. The molecule has 5 nitrogen and oxygen atoms in total. The van der Waals surface area contributed by atoms with Crippen LogP contribution >= 0.6 is 11.6 Å². The SMILES string of the molecule is O=C(N[C@@H](c1nnc(-c2ccccc2)o1)c1ccccc1Cl)c1ccc(F)cc1. The van der Waals surface area contributed by atoms with Gasteiger partial charge in [0.15, 0.2) is 0 Å². The maximum Gasteiger partial charge on any atom is 0.252 e.